The van der Waals surface area contributed by atoms with Gasteiger partial charge >= 0.3 is 0 Å². The van der Waals surface area contributed by atoms with Gasteiger partial charge in [-0.1, -0.05) is 42.5 Å². The highest BCUT2D eigenvalue weighted by Gasteiger charge is 2.40. The Morgan fingerprint density at radius 3 is 2.46 bits per heavy atom. The summed E-state index contributed by atoms with van der Waals surface area (Å²) in [5.74, 6) is -0.278. The van der Waals surface area contributed by atoms with Crippen molar-refractivity contribution < 1.29 is 9.53 Å². The fraction of sp³-hybridized carbons (Fsp3) is 0.333. The van der Waals surface area contributed by atoms with Crippen LogP contribution in [0.3, 0.4) is 0 Å². The van der Waals surface area contributed by atoms with Gasteiger partial charge in [0.05, 0.1) is 18.7 Å². The lowest BCUT2D eigenvalue weighted by molar-refractivity contribution is -0.119. The number of nitrogens with one attached hydrogen (secondary N) is 2. The third kappa shape index (κ3) is 4.50. The van der Waals surface area contributed by atoms with E-state index in [-0.39, 0.29) is 11.4 Å². The van der Waals surface area contributed by atoms with Crippen LogP contribution >= 0.6 is 0 Å². The van der Waals surface area contributed by atoms with Gasteiger partial charge in [-0.15, -0.1) is 0 Å². The number of hydrogen-bond donors (Lipinski definition) is 2. The zero-order chi connectivity index (χ0) is 24.4. The van der Waals surface area contributed by atoms with Crippen LogP contribution in [0.15, 0.2) is 59.4 Å². The Morgan fingerprint density at radius 2 is 1.80 bits per heavy atom. The number of carbonyl (C=O) groups is 1. The summed E-state index contributed by atoms with van der Waals surface area (Å²) in [7, 11) is 1.57. The second kappa shape index (κ2) is 9.63. The number of H-pyrrole nitrogens is 1. The van der Waals surface area contributed by atoms with Crippen molar-refractivity contribution in [1.82, 2.24) is 9.97 Å². The Morgan fingerprint density at radius 1 is 1.09 bits per heavy atom. The fourth-order valence-electron chi connectivity index (χ4n) is 5.12. The number of aromatic amines is 1. The van der Waals surface area contributed by atoms with E-state index in [1.165, 1.54) is 5.56 Å². The third-order valence-corrected chi connectivity index (χ3v) is 7.01. The molecule has 0 spiro atoms. The topological polar surface area (TPSA) is 111 Å². The monoisotopic (exact) mass is 469 g/mol. The molecule has 2 aliphatic heterocycles. The predicted molar refractivity (Wildman–Crippen MR) is 133 cm³/mol. The number of nitrogens with zero attached hydrogens (tertiary/aromatic N) is 3. The van der Waals surface area contributed by atoms with Crippen molar-refractivity contribution in [3.63, 3.8) is 0 Å². The highest BCUT2D eigenvalue weighted by molar-refractivity contribution is 5.98. The summed E-state index contributed by atoms with van der Waals surface area (Å²) in [5.41, 5.74) is 2.00. The van der Waals surface area contributed by atoms with Crippen LogP contribution < -0.4 is 20.5 Å². The van der Waals surface area contributed by atoms with Crippen LogP contribution in [0.2, 0.25) is 0 Å². The summed E-state index contributed by atoms with van der Waals surface area (Å²) < 4.78 is 5.22. The van der Waals surface area contributed by atoms with Gasteiger partial charge in [0.1, 0.15) is 17.5 Å². The Bertz CT molecular complexity index is 1310. The smallest absolute Gasteiger partial charge is 0.258 e. The van der Waals surface area contributed by atoms with E-state index < -0.39 is 17.7 Å². The number of ether oxygens (including phenoxy) is 1. The third-order valence-electron chi connectivity index (χ3n) is 7.01. The Hall–Kier alpha value is -4.12. The van der Waals surface area contributed by atoms with Crippen LogP contribution in [0.5, 0.6) is 5.75 Å². The van der Waals surface area contributed by atoms with E-state index in [0.717, 1.165) is 32.4 Å². The molecule has 0 aliphatic carbocycles. The van der Waals surface area contributed by atoms with Crippen molar-refractivity contribution in [3.05, 3.63) is 81.6 Å². The molecule has 2 N–H and O–H groups in total. The molecule has 1 fully saturated rings. The summed E-state index contributed by atoms with van der Waals surface area (Å²) in [4.78, 5) is 35.7. The number of amides is 1. The normalized spacial score (nSPS) is 20.0. The number of rotatable bonds is 5. The number of nitriles is 1. The first-order chi connectivity index (χ1) is 17.1. The van der Waals surface area contributed by atoms with Crippen LogP contribution in [0.4, 0.5) is 11.8 Å². The zero-order valence-corrected chi connectivity index (χ0v) is 19.5. The second-order valence-electron chi connectivity index (χ2n) is 9.12. The van der Waals surface area contributed by atoms with Crippen LogP contribution in [0.25, 0.3) is 0 Å². The van der Waals surface area contributed by atoms with E-state index in [1.54, 1.807) is 31.4 Å². The summed E-state index contributed by atoms with van der Waals surface area (Å²) in [6.07, 6.45) is 3.03. The van der Waals surface area contributed by atoms with Crippen molar-refractivity contribution in [3.8, 4) is 11.8 Å². The highest BCUT2D eigenvalue weighted by Crippen LogP contribution is 2.38. The lowest BCUT2D eigenvalue weighted by atomic mass is 9.79. The van der Waals surface area contributed by atoms with Crippen molar-refractivity contribution in [2.24, 2.45) is 11.8 Å². The Kier molecular flexibility index (Phi) is 6.23. The van der Waals surface area contributed by atoms with Gasteiger partial charge < -0.3 is 15.0 Å². The van der Waals surface area contributed by atoms with Crippen molar-refractivity contribution in [2.75, 3.05) is 30.4 Å². The molecule has 1 amide bonds. The minimum absolute atomic E-state index is 0.229. The van der Waals surface area contributed by atoms with Gasteiger partial charge in [-0.3, -0.25) is 14.6 Å². The minimum Gasteiger partial charge on any atom is -0.497 e. The molecule has 2 unspecified atom stereocenters. The lowest BCUT2D eigenvalue weighted by Crippen LogP contribution is -2.41. The van der Waals surface area contributed by atoms with E-state index in [1.807, 2.05) is 6.07 Å². The van der Waals surface area contributed by atoms with Gasteiger partial charge in [0.2, 0.25) is 11.9 Å². The first-order valence-electron chi connectivity index (χ1n) is 11.8. The first kappa shape index (κ1) is 22.7. The van der Waals surface area contributed by atoms with E-state index in [9.17, 15) is 14.9 Å². The Balaban J connectivity index is 1.40. The minimum atomic E-state index is -1.03. The quantitative estimate of drug-likeness (QED) is 0.592. The SMILES string of the molecule is COc1ccc(C2c3c(nc(N4CCC(Cc5ccccc5)CC4)[nH]c3=O)NC(=O)C2C#N)cc1. The maximum Gasteiger partial charge on any atom is 0.258 e. The number of carbonyl (C=O) groups excluding carboxylic acids is 1. The van der Waals surface area contributed by atoms with Gasteiger partial charge in [-0.05, 0) is 48.4 Å². The van der Waals surface area contributed by atoms with Gasteiger partial charge in [-0.25, -0.2) is 0 Å². The molecule has 35 heavy (non-hydrogen) atoms. The van der Waals surface area contributed by atoms with Crippen molar-refractivity contribution in [2.45, 2.75) is 25.2 Å². The van der Waals surface area contributed by atoms with E-state index in [2.05, 4.69) is 50.5 Å². The molecule has 2 aliphatic rings. The molecule has 3 heterocycles. The fourth-order valence-corrected chi connectivity index (χ4v) is 5.12. The number of methoxy groups -OCH3 is 1. The van der Waals surface area contributed by atoms with Gasteiger partial charge in [0, 0.05) is 19.0 Å². The molecule has 2 aromatic carbocycles. The first-order valence-corrected chi connectivity index (χ1v) is 11.8. The van der Waals surface area contributed by atoms with E-state index >= 15 is 0 Å². The van der Waals surface area contributed by atoms with Crippen LogP contribution in [0.1, 0.15) is 35.4 Å². The van der Waals surface area contributed by atoms with E-state index in [0.29, 0.717) is 28.7 Å². The molecule has 0 bridgehead atoms. The summed E-state index contributed by atoms with van der Waals surface area (Å²) >= 11 is 0. The average Bonchev–Trinajstić information content (AvgIpc) is 2.89. The standard InChI is InChI=1S/C27H27N5O3/c1-35-20-9-7-19(8-10-20)22-21(16-28)25(33)29-24-23(22)26(34)31-27(30-24)32-13-11-18(12-14-32)15-17-5-3-2-4-6-17/h2-10,18,21-22H,11-15H2,1H3,(H2,29,30,31,33,34). The molecule has 2 atom stereocenters. The number of anilines is 2. The largest absolute Gasteiger partial charge is 0.497 e. The predicted octanol–water partition coefficient (Wildman–Crippen LogP) is 3.46. The number of benzene rings is 2. The van der Waals surface area contributed by atoms with Gasteiger partial charge in [-0.2, -0.15) is 10.2 Å². The summed E-state index contributed by atoms with van der Waals surface area (Å²) in [6.45, 7) is 1.55. The molecule has 0 radical (unpaired) electrons. The van der Waals surface area contributed by atoms with Gasteiger partial charge in [0.15, 0.2) is 0 Å². The maximum atomic E-state index is 13.3. The molecule has 5 rings (SSSR count). The molecular formula is C27H27N5O3. The lowest BCUT2D eigenvalue weighted by Gasteiger charge is -2.34. The van der Waals surface area contributed by atoms with Crippen LogP contribution in [0, 0.1) is 23.2 Å². The molecule has 8 heteroatoms. The van der Waals surface area contributed by atoms with Gasteiger partial charge in [0.25, 0.3) is 5.56 Å². The molecule has 8 nitrogen and oxygen atoms in total. The number of aromatic nitrogens is 2. The number of piperidine rings is 1. The summed E-state index contributed by atoms with van der Waals surface area (Å²) in [5, 5.41) is 12.4. The van der Waals surface area contributed by atoms with Crippen LogP contribution in [-0.2, 0) is 11.2 Å². The molecule has 3 aromatic rings. The molecule has 0 saturated carbocycles. The van der Waals surface area contributed by atoms with Crippen LogP contribution in [-0.4, -0.2) is 36.1 Å². The molecule has 1 aromatic heterocycles. The number of fused-ring (bicyclic) bond motifs is 1. The van der Waals surface area contributed by atoms with Crippen molar-refractivity contribution in [1.29, 1.82) is 5.26 Å². The molecular weight excluding hydrogens is 442 g/mol. The second-order valence-corrected chi connectivity index (χ2v) is 9.12. The van der Waals surface area contributed by atoms with Crippen molar-refractivity contribution >= 4 is 17.7 Å². The maximum absolute atomic E-state index is 13.3. The summed E-state index contributed by atoms with van der Waals surface area (Å²) in [6, 6.07) is 19.6. The zero-order valence-electron chi connectivity index (χ0n) is 19.5. The highest BCUT2D eigenvalue weighted by atomic mass is 16.5. The molecule has 1 saturated heterocycles. The number of hydrogen-bond acceptors (Lipinski definition) is 6. The van der Waals surface area contributed by atoms with E-state index in [4.69, 9.17) is 4.74 Å². The molecule has 178 valence electrons. The Labute approximate surface area is 203 Å². The average molecular weight is 470 g/mol.